The third-order valence-corrected chi connectivity index (χ3v) is 5.93. The molecule has 33 heavy (non-hydrogen) atoms. The van der Waals surface area contributed by atoms with Crippen molar-refractivity contribution >= 4 is 45.3 Å². The molecule has 0 saturated heterocycles. The Bertz CT molecular complexity index is 1290. The Kier molecular flexibility index (Phi) is 7.15. The van der Waals surface area contributed by atoms with Gasteiger partial charge in [0.1, 0.15) is 5.82 Å². The molecule has 0 saturated carbocycles. The van der Waals surface area contributed by atoms with E-state index >= 15 is 0 Å². The molecule has 13 heteroatoms. The molecular weight excluding hydrogens is 511 g/mol. The normalized spacial score (nSPS) is 11.8. The van der Waals surface area contributed by atoms with Crippen molar-refractivity contribution in [1.82, 2.24) is 4.98 Å². The summed E-state index contributed by atoms with van der Waals surface area (Å²) in [6.07, 6.45) is -4.41. The van der Waals surface area contributed by atoms with Crippen molar-refractivity contribution in [3.63, 3.8) is 0 Å². The SMILES string of the molecule is O=C(OS(=O)(=O)N(Cc1ccc(F)c(Cl)c1)c1ncc(C(F)(F)F)cc1Cl)c1ccccc1. The topological polar surface area (TPSA) is 76.6 Å². The van der Waals surface area contributed by atoms with E-state index in [4.69, 9.17) is 23.2 Å². The molecule has 0 unspecified atom stereocenters. The van der Waals surface area contributed by atoms with Gasteiger partial charge < -0.3 is 4.18 Å². The van der Waals surface area contributed by atoms with Crippen molar-refractivity contribution in [1.29, 1.82) is 0 Å². The monoisotopic (exact) mass is 522 g/mol. The Morgan fingerprint density at radius 3 is 2.27 bits per heavy atom. The van der Waals surface area contributed by atoms with Crippen LogP contribution in [-0.2, 0) is 27.2 Å². The third kappa shape index (κ3) is 5.92. The highest BCUT2D eigenvalue weighted by atomic mass is 35.5. The lowest BCUT2D eigenvalue weighted by atomic mass is 10.2. The maximum Gasteiger partial charge on any atom is 0.417 e. The number of hydrogen-bond donors (Lipinski definition) is 0. The summed E-state index contributed by atoms with van der Waals surface area (Å²) in [5.41, 5.74) is -1.21. The van der Waals surface area contributed by atoms with Gasteiger partial charge in [0.25, 0.3) is 0 Å². The molecular formula is C20H12Cl2F4N2O4S. The zero-order valence-electron chi connectivity index (χ0n) is 16.2. The first-order valence-corrected chi connectivity index (χ1v) is 11.0. The molecule has 6 nitrogen and oxygen atoms in total. The van der Waals surface area contributed by atoms with Gasteiger partial charge in [0.15, 0.2) is 5.82 Å². The number of benzene rings is 2. The molecule has 0 aliphatic carbocycles. The first-order valence-electron chi connectivity index (χ1n) is 8.86. The third-order valence-electron chi connectivity index (χ3n) is 4.16. The summed E-state index contributed by atoms with van der Waals surface area (Å²) in [5.74, 6) is -2.68. The summed E-state index contributed by atoms with van der Waals surface area (Å²) in [5, 5.41) is -1.02. The molecule has 0 amide bonds. The number of rotatable bonds is 6. The molecule has 3 rings (SSSR count). The molecule has 0 atom stereocenters. The Hall–Kier alpha value is -2.89. The molecule has 0 N–H and O–H groups in total. The van der Waals surface area contributed by atoms with Crippen molar-refractivity contribution in [2.45, 2.75) is 12.7 Å². The largest absolute Gasteiger partial charge is 0.417 e. The predicted octanol–water partition coefficient (Wildman–Crippen LogP) is 5.65. The van der Waals surface area contributed by atoms with Gasteiger partial charge in [0.05, 0.1) is 27.7 Å². The van der Waals surface area contributed by atoms with Crippen LogP contribution in [0.4, 0.5) is 23.4 Å². The average molecular weight is 523 g/mol. The number of alkyl halides is 3. The lowest BCUT2D eigenvalue weighted by Gasteiger charge is -2.23. The Labute approximate surface area is 195 Å². The summed E-state index contributed by atoms with van der Waals surface area (Å²) in [6, 6.07) is 10.8. The van der Waals surface area contributed by atoms with Crippen molar-refractivity contribution < 1.29 is 35.0 Å². The summed E-state index contributed by atoms with van der Waals surface area (Å²) in [4.78, 5) is 15.8. The van der Waals surface area contributed by atoms with Gasteiger partial charge in [-0.05, 0) is 35.9 Å². The van der Waals surface area contributed by atoms with E-state index in [0.29, 0.717) is 16.6 Å². The second kappa shape index (κ2) is 9.54. The van der Waals surface area contributed by atoms with Crippen LogP contribution >= 0.6 is 23.2 Å². The zero-order valence-corrected chi connectivity index (χ0v) is 18.5. The number of carbonyl (C=O) groups excluding carboxylic acids is 1. The minimum absolute atomic E-state index is 0.0997. The average Bonchev–Trinajstić information content (AvgIpc) is 2.74. The van der Waals surface area contributed by atoms with Crippen LogP contribution in [-0.4, -0.2) is 19.4 Å². The van der Waals surface area contributed by atoms with Gasteiger partial charge in [-0.3, -0.25) is 0 Å². The van der Waals surface area contributed by atoms with Crippen LogP contribution in [0.3, 0.4) is 0 Å². The number of anilines is 1. The first-order chi connectivity index (χ1) is 15.4. The summed E-state index contributed by atoms with van der Waals surface area (Å²) < 4.78 is 83.4. The van der Waals surface area contributed by atoms with E-state index < -0.39 is 51.2 Å². The predicted molar refractivity (Wildman–Crippen MR) is 113 cm³/mol. The second-order valence-electron chi connectivity index (χ2n) is 6.48. The van der Waals surface area contributed by atoms with Crippen LogP contribution in [0.15, 0.2) is 60.8 Å². The molecule has 0 radical (unpaired) electrons. The molecule has 0 aliphatic rings. The fourth-order valence-corrected chi connectivity index (χ4v) is 4.16. The molecule has 1 heterocycles. The molecule has 0 spiro atoms. The van der Waals surface area contributed by atoms with Gasteiger partial charge in [-0.1, -0.05) is 47.5 Å². The van der Waals surface area contributed by atoms with E-state index in [-0.39, 0.29) is 16.1 Å². The second-order valence-corrected chi connectivity index (χ2v) is 8.75. The van der Waals surface area contributed by atoms with Gasteiger partial charge in [0.2, 0.25) is 0 Å². The van der Waals surface area contributed by atoms with Crippen molar-refractivity contribution in [3.8, 4) is 0 Å². The molecule has 0 bridgehead atoms. The van der Waals surface area contributed by atoms with Crippen molar-refractivity contribution in [3.05, 3.63) is 93.3 Å². The van der Waals surface area contributed by atoms with Crippen LogP contribution < -0.4 is 4.31 Å². The first kappa shape index (κ1) is 24.7. The van der Waals surface area contributed by atoms with Crippen molar-refractivity contribution in [2.75, 3.05) is 4.31 Å². The molecule has 0 fully saturated rings. The van der Waals surface area contributed by atoms with Gasteiger partial charge in [-0.2, -0.15) is 21.6 Å². The van der Waals surface area contributed by atoms with E-state index in [1.54, 1.807) is 6.07 Å². The van der Waals surface area contributed by atoms with Crippen molar-refractivity contribution in [2.24, 2.45) is 0 Å². The lowest BCUT2D eigenvalue weighted by molar-refractivity contribution is -0.137. The van der Waals surface area contributed by atoms with Gasteiger partial charge in [0, 0.05) is 6.20 Å². The summed E-state index contributed by atoms with van der Waals surface area (Å²) in [7, 11) is -5.00. The van der Waals surface area contributed by atoms with E-state index in [9.17, 15) is 30.8 Å². The van der Waals surface area contributed by atoms with Crippen LogP contribution in [0.1, 0.15) is 21.5 Å². The minimum Gasteiger partial charge on any atom is -0.325 e. The molecule has 1 aromatic heterocycles. The quantitative estimate of drug-likeness (QED) is 0.390. The van der Waals surface area contributed by atoms with Crippen LogP contribution in [0.5, 0.6) is 0 Å². The van der Waals surface area contributed by atoms with Crippen LogP contribution in [0.25, 0.3) is 0 Å². The summed E-state index contributed by atoms with van der Waals surface area (Å²) >= 11 is 11.6. The van der Waals surface area contributed by atoms with E-state index in [2.05, 4.69) is 9.17 Å². The molecule has 3 aromatic rings. The Balaban J connectivity index is 2.04. The van der Waals surface area contributed by atoms with Crippen LogP contribution in [0.2, 0.25) is 10.0 Å². The Morgan fingerprint density at radius 2 is 1.70 bits per heavy atom. The number of aromatic nitrogens is 1. The highest BCUT2D eigenvalue weighted by Crippen LogP contribution is 2.35. The number of halogens is 6. The number of pyridine rings is 1. The maximum atomic E-state index is 13.5. The number of hydrogen-bond acceptors (Lipinski definition) is 5. The van der Waals surface area contributed by atoms with E-state index in [1.165, 1.54) is 30.3 Å². The highest BCUT2D eigenvalue weighted by Gasteiger charge is 2.35. The van der Waals surface area contributed by atoms with Gasteiger partial charge in [-0.25, -0.2) is 18.5 Å². The number of nitrogens with zero attached hydrogens (tertiary/aromatic N) is 2. The van der Waals surface area contributed by atoms with Gasteiger partial charge >= 0.3 is 22.4 Å². The number of carbonyl (C=O) groups is 1. The minimum atomic E-state index is -5.00. The molecule has 0 aliphatic heterocycles. The van der Waals surface area contributed by atoms with Crippen LogP contribution in [0, 0.1) is 5.82 Å². The molecule has 2 aromatic carbocycles. The highest BCUT2D eigenvalue weighted by molar-refractivity contribution is 7.88. The smallest absolute Gasteiger partial charge is 0.325 e. The molecule has 174 valence electrons. The zero-order chi connectivity index (χ0) is 24.4. The summed E-state index contributed by atoms with van der Waals surface area (Å²) in [6.45, 7) is -0.636. The van der Waals surface area contributed by atoms with E-state index in [0.717, 1.165) is 12.1 Å². The lowest BCUT2D eigenvalue weighted by Crippen LogP contribution is -2.34. The maximum absolute atomic E-state index is 13.5. The fraction of sp³-hybridized carbons (Fsp3) is 0.100. The van der Waals surface area contributed by atoms with E-state index in [1.807, 2.05) is 0 Å². The fourth-order valence-electron chi connectivity index (χ4n) is 2.60. The van der Waals surface area contributed by atoms with Gasteiger partial charge in [-0.15, -0.1) is 0 Å². The Morgan fingerprint density at radius 1 is 1.03 bits per heavy atom. The standard InChI is InChI=1S/C20H12Cl2F4N2O4S/c21-15-8-12(6-7-17(15)23)11-28(18-16(22)9-14(10-27-18)20(24,25)26)33(30,31)32-19(29)13-4-2-1-3-5-13/h1-10H,11H2.